The molecule has 0 bridgehead atoms. The Morgan fingerprint density at radius 2 is 2.19 bits per heavy atom. The van der Waals surface area contributed by atoms with E-state index >= 15 is 0 Å². The highest BCUT2D eigenvalue weighted by Crippen LogP contribution is 2.23. The van der Waals surface area contributed by atoms with Crippen LogP contribution in [-0.2, 0) is 4.79 Å². The van der Waals surface area contributed by atoms with Crippen molar-refractivity contribution < 1.29 is 23.5 Å². The van der Waals surface area contributed by atoms with Gasteiger partial charge in [-0.2, -0.15) is 4.39 Å². The Hall–Kier alpha value is -2.05. The molecule has 0 saturated carbocycles. The molecule has 21 heavy (non-hydrogen) atoms. The van der Waals surface area contributed by atoms with Gasteiger partial charge in [0.15, 0.2) is 5.82 Å². The number of hydrogen-bond donors (Lipinski definition) is 1. The van der Waals surface area contributed by atoms with Crippen molar-refractivity contribution in [2.45, 2.75) is 25.7 Å². The first-order chi connectivity index (χ1) is 9.99. The number of amides is 1. The highest BCUT2D eigenvalue weighted by molar-refractivity contribution is 5.94. The molecular formula is C14H16F2N2O3. The summed E-state index contributed by atoms with van der Waals surface area (Å²) in [5, 5.41) is 8.69. The molecule has 1 aliphatic heterocycles. The van der Waals surface area contributed by atoms with Gasteiger partial charge in [0.25, 0.3) is 5.91 Å². The maximum Gasteiger partial charge on any atom is 0.303 e. The fourth-order valence-electron chi connectivity index (χ4n) is 2.57. The van der Waals surface area contributed by atoms with Crippen LogP contribution >= 0.6 is 0 Å². The van der Waals surface area contributed by atoms with E-state index in [1.54, 1.807) is 0 Å². The van der Waals surface area contributed by atoms with Gasteiger partial charge in [-0.05, 0) is 31.2 Å². The molecule has 0 aromatic carbocycles. The van der Waals surface area contributed by atoms with Gasteiger partial charge in [0, 0.05) is 25.7 Å². The second-order valence-electron chi connectivity index (χ2n) is 5.16. The summed E-state index contributed by atoms with van der Waals surface area (Å²) in [6.45, 7) is 0.835. The number of likely N-dealkylation sites (tertiary alicyclic amines) is 1. The number of carboxylic acids is 1. The second kappa shape index (κ2) is 6.60. The molecule has 1 aromatic rings. The Labute approximate surface area is 120 Å². The molecule has 1 fully saturated rings. The number of pyridine rings is 1. The largest absolute Gasteiger partial charge is 0.481 e. The molecule has 114 valence electrons. The van der Waals surface area contributed by atoms with Gasteiger partial charge < -0.3 is 10.0 Å². The van der Waals surface area contributed by atoms with Crippen molar-refractivity contribution in [3.05, 3.63) is 29.6 Å². The molecule has 7 heteroatoms. The lowest BCUT2D eigenvalue weighted by Gasteiger charge is -2.32. The summed E-state index contributed by atoms with van der Waals surface area (Å²) in [7, 11) is 0. The van der Waals surface area contributed by atoms with Crippen LogP contribution in [-0.4, -0.2) is 40.0 Å². The van der Waals surface area contributed by atoms with Crippen molar-refractivity contribution in [1.82, 2.24) is 9.88 Å². The summed E-state index contributed by atoms with van der Waals surface area (Å²) in [4.78, 5) is 27.4. The summed E-state index contributed by atoms with van der Waals surface area (Å²) >= 11 is 0. The number of aliphatic carboxylic acids is 1. The molecule has 1 amide bonds. The number of carboxylic acid groups (broad SMARTS) is 1. The summed E-state index contributed by atoms with van der Waals surface area (Å²) in [5.74, 6) is -3.90. The smallest absolute Gasteiger partial charge is 0.303 e. The first-order valence-corrected chi connectivity index (χ1v) is 6.80. The minimum atomic E-state index is -1.29. The van der Waals surface area contributed by atoms with Crippen molar-refractivity contribution >= 4 is 11.9 Å². The molecule has 0 spiro atoms. The molecular weight excluding hydrogens is 282 g/mol. The van der Waals surface area contributed by atoms with Gasteiger partial charge in [0.05, 0.1) is 5.56 Å². The predicted molar refractivity (Wildman–Crippen MR) is 69.7 cm³/mol. The van der Waals surface area contributed by atoms with Crippen LogP contribution in [0.2, 0.25) is 0 Å². The SMILES string of the molecule is O=C(O)CCC1CCCN(C(=O)c2ccnc(F)c2F)C1. The van der Waals surface area contributed by atoms with Crippen molar-refractivity contribution in [3.8, 4) is 0 Å². The van der Waals surface area contributed by atoms with E-state index < -0.39 is 23.6 Å². The minimum Gasteiger partial charge on any atom is -0.481 e. The molecule has 0 radical (unpaired) electrons. The van der Waals surface area contributed by atoms with E-state index in [2.05, 4.69) is 4.98 Å². The maximum atomic E-state index is 13.6. The van der Waals surface area contributed by atoms with Crippen LogP contribution < -0.4 is 0 Å². The van der Waals surface area contributed by atoms with E-state index in [0.29, 0.717) is 19.5 Å². The molecule has 2 heterocycles. The number of carbonyl (C=O) groups is 2. The number of carbonyl (C=O) groups excluding carboxylic acids is 1. The molecule has 1 atom stereocenters. The number of nitrogens with zero attached hydrogens (tertiary/aromatic N) is 2. The topological polar surface area (TPSA) is 70.5 Å². The highest BCUT2D eigenvalue weighted by Gasteiger charge is 2.27. The van der Waals surface area contributed by atoms with E-state index in [-0.39, 0.29) is 17.9 Å². The van der Waals surface area contributed by atoms with Crippen LogP contribution in [0.15, 0.2) is 12.3 Å². The zero-order chi connectivity index (χ0) is 15.4. The number of hydrogen-bond acceptors (Lipinski definition) is 3. The minimum absolute atomic E-state index is 0.0466. The third kappa shape index (κ3) is 3.74. The first-order valence-electron chi connectivity index (χ1n) is 6.80. The second-order valence-corrected chi connectivity index (χ2v) is 5.16. The van der Waals surface area contributed by atoms with Crippen LogP contribution in [0.25, 0.3) is 0 Å². The van der Waals surface area contributed by atoms with Crippen molar-refractivity contribution in [3.63, 3.8) is 0 Å². The Bertz CT molecular complexity index is 551. The average molecular weight is 298 g/mol. The zero-order valence-electron chi connectivity index (χ0n) is 11.4. The van der Waals surface area contributed by atoms with Crippen LogP contribution in [0.5, 0.6) is 0 Å². The third-order valence-corrected chi connectivity index (χ3v) is 3.65. The molecule has 1 N–H and O–H groups in total. The first kappa shape index (κ1) is 15.3. The van der Waals surface area contributed by atoms with Crippen molar-refractivity contribution in [2.24, 2.45) is 5.92 Å². The normalized spacial score (nSPS) is 18.6. The fraction of sp³-hybridized carbons (Fsp3) is 0.500. The van der Waals surface area contributed by atoms with Crippen LogP contribution in [0, 0.1) is 17.7 Å². The fourth-order valence-corrected chi connectivity index (χ4v) is 2.57. The Kier molecular flexibility index (Phi) is 4.82. The maximum absolute atomic E-state index is 13.6. The van der Waals surface area contributed by atoms with Crippen molar-refractivity contribution in [1.29, 1.82) is 0 Å². The van der Waals surface area contributed by atoms with Crippen LogP contribution in [0.4, 0.5) is 8.78 Å². The summed E-state index contributed by atoms with van der Waals surface area (Å²) in [5.41, 5.74) is -0.332. The van der Waals surface area contributed by atoms with Gasteiger partial charge in [-0.3, -0.25) is 9.59 Å². The van der Waals surface area contributed by atoms with E-state index in [4.69, 9.17) is 5.11 Å². The molecule has 1 unspecified atom stereocenters. The van der Waals surface area contributed by atoms with E-state index in [1.807, 2.05) is 0 Å². The summed E-state index contributed by atoms with van der Waals surface area (Å²) in [6.07, 6.45) is 3.14. The molecule has 2 rings (SSSR count). The Morgan fingerprint density at radius 3 is 2.90 bits per heavy atom. The molecule has 1 aromatic heterocycles. The molecule has 0 aliphatic carbocycles. The molecule has 5 nitrogen and oxygen atoms in total. The van der Waals surface area contributed by atoms with Crippen LogP contribution in [0.1, 0.15) is 36.0 Å². The van der Waals surface area contributed by atoms with Gasteiger partial charge in [-0.1, -0.05) is 0 Å². The average Bonchev–Trinajstić information content (AvgIpc) is 2.47. The van der Waals surface area contributed by atoms with E-state index in [9.17, 15) is 18.4 Å². The highest BCUT2D eigenvalue weighted by atomic mass is 19.2. The lowest BCUT2D eigenvalue weighted by molar-refractivity contribution is -0.137. The summed E-state index contributed by atoms with van der Waals surface area (Å²) < 4.78 is 26.7. The number of piperidine rings is 1. The molecule has 1 aliphatic rings. The summed E-state index contributed by atoms with van der Waals surface area (Å²) in [6, 6.07) is 1.15. The lowest BCUT2D eigenvalue weighted by Crippen LogP contribution is -2.40. The number of rotatable bonds is 4. The van der Waals surface area contributed by atoms with Gasteiger partial charge in [0.1, 0.15) is 0 Å². The lowest BCUT2D eigenvalue weighted by atomic mass is 9.93. The number of halogens is 2. The quantitative estimate of drug-likeness (QED) is 0.864. The van der Waals surface area contributed by atoms with E-state index in [1.165, 1.54) is 4.90 Å². The Balaban J connectivity index is 2.05. The van der Waals surface area contributed by atoms with Gasteiger partial charge in [0.2, 0.25) is 5.95 Å². The number of aromatic nitrogens is 1. The predicted octanol–water partition coefficient (Wildman–Crippen LogP) is 2.08. The van der Waals surface area contributed by atoms with Gasteiger partial charge in [-0.25, -0.2) is 9.37 Å². The third-order valence-electron chi connectivity index (χ3n) is 3.65. The zero-order valence-corrected chi connectivity index (χ0v) is 11.4. The van der Waals surface area contributed by atoms with Crippen LogP contribution in [0.3, 0.4) is 0 Å². The van der Waals surface area contributed by atoms with E-state index in [0.717, 1.165) is 25.1 Å². The standard InChI is InChI=1S/C14H16F2N2O3/c15-12-10(5-6-17-13(12)16)14(21)18-7-1-2-9(8-18)3-4-11(19)20/h5-6,9H,1-4,7-8H2,(H,19,20). The Morgan fingerprint density at radius 1 is 1.43 bits per heavy atom. The monoisotopic (exact) mass is 298 g/mol. The van der Waals surface area contributed by atoms with Gasteiger partial charge >= 0.3 is 5.97 Å². The molecule has 1 saturated heterocycles. The van der Waals surface area contributed by atoms with Gasteiger partial charge in [-0.15, -0.1) is 0 Å². The van der Waals surface area contributed by atoms with Crippen molar-refractivity contribution in [2.75, 3.05) is 13.1 Å².